The third-order valence-electron chi connectivity index (χ3n) is 3.78. The fourth-order valence-corrected chi connectivity index (χ4v) is 2.70. The number of likely N-dealkylation sites (N-methyl/N-ethyl adjacent to an activating group) is 1. The molecular formula is C13H19N3O. The Morgan fingerprint density at radius 3 is 2.29 bits per heavy atom. The normalized spacial score (nSPS) is 19.2. The van der Waals surface area contributed by atoms with E-state index in [-0.39, 0.29) is 11.3 Å². The standard InChI is InChI=1S/C13H19N3O/c1-16(2)13(6-4-3-5-7-13)12(17)11-8-14-10-15-9-11/h8-10H,3-7H2,1-2H3. The highest BCUT2D eigenvalue weighted by atomic mass is 16.1. The zero-order chi connectivity index (χ0) is 12.3. The van der Waals surface area contributed by atoms with E-state index in [1.807, 2.05) is 14.1 Å². The van der Waals surface area contributed by atoms with E-state index in [1.54, 1.807) is 12.4 Å². The van der Waals surface area contributed by atoms with Gasteiger partial charge in [-0.05, 0) is 26.9 Å². The zero-order valence-electron chi connectivity index (χ0n) is 10.5. The summed E-state index contributed by atoms with van der Waals surface area (Å²) in [4.78, 5) is 22.6. The number of nitrogens with zero attached hydrogens (tertiary/aromatic N) is 3. The quantitative estimate of drug-likeness (QED) is 0.748. The highest BCUT2D eigenvalue weighted by Crippen LogP contribution is 2.34. The molecule has 0 radical (unpaired) electrons. The van der Waals surface area contributed by atoms with Crippen LogP contribution in [0.4, 0.5) is 0 Å². The molecular weight excluding hydrogens is 214 g/mol. The number of carbonyl (C=O) groups is 1. The number of aromatic nitrogens is 2. The summed E-state index contributed by atoms with van der Waals surface area (Å²) >= 11 is 0. The minimum atomic E-state index is -0.344. The van der Waals surface area contributed by atoms with Gasteiger partial charge in [-0.2, -0.15) is 0 Å². The molecule has 0 aliphatic heterocycles. The second kappa shape index (κ2) is 4.92. The molecule has 0 amide bonds. The van der Waals surface area contributed by atoms with Crippen molar-refractivity contribution < 1.29 is 4.79 Å². The molecule has 1 aliphatic carbocycles. The molecule has 1 fully saturated rings. The summed E-state index contributed by atoms with van der Waals surface area (Å²) in [5.74, 6) is 0.169. The summed E-state index contributed by atoms with van der Waals surface area (Å²) in [6, 6.07) is 0. The van der Waals surface area contributed by atoms with Crippen molar-refractivity contribution in [2.24, 2.45) is 0 Å². The van der Waals surface area contributed by atoms with Gasteiger partial charge in [0.25, 0.3) is 0 Å². The first-order chi connectivity index (χ1) is 8.17. The van der Waals surface area contributed by atoms with Gasteiger partial charge in [-0.3, -0.25) is 9.69 Å². The lowest BCUT2D eigenvalue weighted by Gasteiger charge is -2.41. The van der Waals surface area contributed by atoms with Crippen LogP contribution >= 0.6 is 0 Å². The van der Waals surface area contributed by atoms with Crippen molar-refractivity contribution in [3.63, 3.8) is 0 Å². The van der Waals surface area contributed by atoms with Crippen molar-refractivity contribution in [1.82, 2.24) is 14.9 Å². The van der Waals surface area contributed by atoms with Crippen LogP contribution in [0.5, 0.6) is 0 Å². The number of rotatable bonds is 3. The first-order valence-electron chi connectivity index (χ1n) is 6.14. The summed E-state index contributed by atoms with van der Waals surface area (Å²) in [5, 5.41) is 0. The minimum absolute atomic E-state index is 0.169. The smallest absolute Gasteiger partial charge is 0.186 e. The summed E-state index contributed by atoms with van der Waals surface area (Å²) in [6.07, 6.45) is 10.1. The molecule has 0 aromatic carbocycles. The number of ketones is 1. The van der Waals surface area contributed by atoms with E-state index in [0.717, 1.165) is 25.7 Å². The Kier molecular flexibility index (Phi) is 3.52. The number of carbonyl (C=O) groups excluding carboxylic acids is 1. The molecule has 1 aromatic heterocycles. The highest BCUT2D eigenvalue weighted by Gasteiger charge is 2.41. The van der Waals surface area contributed by atoms with Gasteiger partial charge in [0, 0.05) is 12.4 Å². The Hall–Kier alpha value is -1.29. The summed E-state index contributed by atoms with van der Waals surface area (Å²) in [7, 11) is 3.99. The predicted molar refractivity (Wildman–Crippen MR) is 65.9 cm³/mol. The van der Waals surface area contributed by atoms with Crippen LogP contribution in [-0.2, 0) is 0 Å². The van der Waals surface area contributed by atoms with Gasteiger partial charge in [-0.15, -0.1) is 0 Å². The minimum Gasteiger partial charge on any atom is -0.297 e. The second-order valence-corrected chi connectivity index (χ2v) is 4.94. The number of hydrogen-bond acceptors (Lipinski definition) is 4. The van der Waals surface area contributed by atoms with Crippen molar-refractivity contribution in [3.8, 4) is 0 Å². The molecule has 17 heavy (non-hydrogen) atoms. The van der Waals surface area contributed by atoms with Crippen molar-refractivity contribution in [1.29, 1.82) is 0 Å². The monoisotopic (exact) mass is 233 g/mol. The molecule has 0 N–H and O–H groups in total. The fourth-order valence-electron chi connectivity index (χ4n) is 2.70. The molecule has 0 spiro atoms. The molecule has 1 heterocycles. The highest BCUT2D eigenvalue weighted by molar-refractivity contribution is 6.02. The summed E-state index contributed by atoms with van der Waals surface area (Å²) < 4.78 is 0. The SMILES string of the molecule is CN(C)C1(C(=O)c2cncnc2)CCCCC1. The van der Waals surface area contributed by atoms with E-state index in [4.69, 9.17) is 0 Å². The fraction of sp³-hybridized carbons (Fsp3) is 0.615. The van der Waals surface area contributed by atoms with Crippen LogP contribution in [0, 0.1) is 0 Å². The first kappa shape index (κ1) is 12.2. The molecule has 1 aliphatic rings. The maximum atomic E-state index is 12.6. The Bertz CT molecular complexity index is 383. The van der Waals surface area contributed by atoms with E-state index in [1.165, 1.54) is 12.7 Å². The van der Waals surface area contributed by atoms with Crippen LogP contribution in [0.25, 0.3) is 0 Å². The van der Waals surface area contributed by atoms with Crippen LogP contribution in [0.15, 0.2) is 18.7 Å². The lowest BCUT2D eigenvalue weighted by atomic mass is 9.76. The predicted octanol–water partition coefficient (Wildman–Crippen LogP) is 1.92. The summed E-state index contributed by atoms with van der Waals surface area (Å²) in [5.41, 5.74) is 0.284. The van der Waals surface area contributed by atoms with Crippen LogP contribution in [0.1, 0.15) is 42.5 Å². The van der Waals surface area contributed by atoms with Crippen LogP contribution in [-0.4, -0.2) is 40.3 Å². The molecule has 0 unspecified atom stereocenters. The van der Waals surface area contributed by atoms with Crippen LogP contribution in [0.2, 0.25) is 0 Å². The van der Waals surface area contributed by atoms with Gasteiger partial charge in [0.1, 0.15) is 6.33 Å². The molecule has 1 aromatic rings. The topological polar surface area (TPSA) is 46.1 Å². The molecule has 4 nitrogen and oxygen atoms in total. The number of hydrogen-bond donors (Lipinski definition) is 0. The van der Waals surface area contributed by atoms with Gasteiger partial charge in [0.15, 0.2) is 5.78 Å². The lowest BCUT2D eigenvalue weighted by molar-refractivity contribution is 0.0563. The Morgan fingerprint density at radius 2 is 1.76 bits per heavy atom. The van der Waals surface area contributed by atoms with Crippen molar-refractivity contribution in [2.75, 3.05) is 14.1 Å². The molecule has 0 saturated heterocycles. The maximum Gasteiger partial charge on any atom is 0.186 e. The average Bonchev–Trinajstić information content (AvgIpc) is 2.39. The van der Waals surface area contributed by atoms with E-state index >= 15 is 0 Å². The van der Waals surface area contributed by atoms with Gasteiger partial charge < -0.3 is 0 Å². The van der Waals surface area contributed by atoms with E-state index in [2.05, 4.69) is 14.9 Å². The van der Waals surface area contributed by atoms with Gasteiger partial charge in [-0.25, -0.2) is 9.97 Å². The number of Topliss-reactive ketones (excluding diaryl/α,β-unsaturated/α-hetero) is 1. The van der Waals surface area contributed by atoms with Crippen molar-refractivity contribution in [3.05, 3.63) is 24.3 Å². The molecule has 0 atom stereocenters. The van der Waals surface area contributed by atoms with Gasteiger partial charge in [0.05, 0.1) is 11.1 Å². The van der Waals surface area contributed by atoms with Gasteiger partial charge >= 0.3 is 0 Å². The van der Waals surface area contributed by atoms with E-state index < -0.39 is 0 Å². The van der Waals surface area contributed by atoms with Crippen LogP contribution < -0.4 is 0 Å². The zero-order valence-corrected chi connectivity index (χ0v) is 10.5. The molecule has 4 heteroatoms. The van der Waals surface area contributed by atoms with E-state index in [0.29, 0.717) is 5.56 Å². The molecule has 2 rings (SSSR count). The molecule has 92 valence electrons. The third kappa shape index (κ3) is 2.22. The first-order valence-corrected chi connectivity index (χ1v) is 6.14. The third-order valence-corrected chi connectivity index (χ3v) is 3.78. The Morgan fingerprint density at radius 1 is 1.18 bits per heavy atom. The summed E-state index contributed by atoms with van der Waals surface area (Å²) in [6.45, 7) is 0. The molecule has 1 saturated carbocycles. The average molecular weight is 233 g/mol. The lowest BCUT2D eigenvalue weighted by Crippen LogP contribution is -2.52. The Balaban J connectivity index is 2.31. The van der Waals surface area contributed by atoms with Gasteiger partial charge in [-0.1, -0.05) is 19.3 Å². The van der Waals surface area contributed by atoms with E-state index in [9.17, 15) is 4.79 Å². The second-order valence-electron chi connectivity index (χ2n) is 4.94. The van der Waals surface area contributed by atoms with Crippen molar-refractivity contribution >= 4 is 5.78 Å². The largest absolute Gasteiger partial charge is 0.297 e. The van der Waals surface area contributed by atoms with Crippen molar-refractivity contribution in [2.45, 2.75) is 37.6 Å². The maximum absolute atomic E-state index is 12.6. The molecule has 0 bridgehead atoms. The Labute approximate surface area is 102 Å². The van der Waals surface area contributed by atoms with Crippen LogP contribution in [0.3, 0.4) is 0 Å². The van der Waals surface area contributed by atoms with Gasteiger partial charge in [0.2, 0.25) is 0 Å².